The molecular weight excluding hydrogens is 168 g/mol. The van der Waals surface area contributed by atoms with Gasteiger partial charge in [-0.2, -0.15) is 0 Å². The van der Waals surface area contributed by atoms with Crippen molar-refractivity contribution in [3.05, 3.63) is 35.9 Å². The van der Waals surface area contributed by atoms with Gasteiger partial charge in [0.05, 0.1) is 0 Å². The van der Waals surface area contributed by atoms with E-state index in [0.717, 1.165) is 5.56 Å². The maximum Gasteiger partial charge on any atom is 0.181 e. The number of carbonyl (C=O) groups excluding carboxylic acids is 1. The summed E-state index contributed by atoms with van der Waals surface area (Å²) in [6.45, 7) is -0.478. The van der Waals surface area contributed by atoms with Gasteiger partial charge >= 0.3 is 0 Å². The lowest BCUT2D eigenvalue weighted by Gasteiger charge is -1.92. The lowest BCUT2D eigenvalue weighted by molar-refractivity contribution is -0.117. The number of hydrogen-bond donors (Lipinski definition) is 2. The minimum absolute atomic E-state index is 0.186. The van der Waals surface area contributed by atoms with Crippen LogP contribution in [0.2, 0.25) is 0 Å². The van der Waals surface area contributed by atoms with Crippen molar-refractivity contribution in [3.8, 4) is 5.75 Å². The zero-order chi connectivity index (χ0) is 9.68. The number of aliphatic hydroxyl groups is 1. The summed E-state index contributed by atoms with van der Waals surface area (Å²) in [5, 5.41) is 17.4. The standard InChI is InChI=1S/C10H10O3/c11-7-10(13)6-3-8-1-4-9(12)5-2-8/h1-6,11-12H,7H2/b6-3+. The van der Waals surface area contributed by atoms with Gasteiger partial charge in [-0.15, -0.1) is 0 Å². The Labute approximate surface area is 76.0 Å². The Bertz CT molecular complexity index is 311. The molecule has 0 aromatic heterocycles. The van der Waals surface area contributed by atoms with Crippen LogP contribution in [0.1, 0.15) is 5.56 Å². The van der Waals surface area contributed by atoms with Crippen molar-refractivity contribution < 1.29 is 15.0 Å². The third kappa shape index (κ3) is 3.09. The van der Waals surface area contributed by atoms with E-state index in [0.29, 0.717) is 0 Å². The molecule has 3 nitrogen and oxygen atoms in total. The van der Waals surface area contributed by atoms with Crippen LogP contribution < -0.4 is 0 Å². The van der Waals surface area contributed by atoms with Gasteiger partial charge in [-0.1, -0.05) is 18.2 Å². The highest BCUT2D eigenvalue weighted by Gasteiger charge is 1.91. The molecule has 0 aliphatic rings. The normalized spacial score (nSPS) is 10.5. The largest absolute Gasteiger partial charge is 0.508 e. The Kier molecular flexibility index (Phi) is 3.23. The number of benzene rings is 1. The van der Waals surface area contributed by atoms with E-state index in [4.69, 9.17) is 10.2 Å². The first kappa shape index (κ1) is 9.48. The van der Waals surface area contributed by atoms with Gasteiger partial charge in [-0.3, -0.25) is 4.79 Å². The lowest BCUT2D eigenvalue weighted by Crippen LogP contribution is -1.97. The van der Waals surface area contributed by atoms with Gasteiger partial charge in [-0.05, 0) is 23.8 Å². The predicted molar refractivity (Wildman–Crippen MR) is 49.2 cm³/mol. The zero-order valence-corrected chi connectivity index (χ0v) is 6.97. The van der Waals surface area contributed by atoms with E-state index in [9.17, 15) is 4.79 Å². The highest BCUT2D eigenvalue weighted by molar-refractivity contribution is 5.94. The van der Waals surface area contributed by atoms with E-state index in [1.54, 1.807) is 18.2 Å². The van der Waals surface area contributed by atoms with E-state index in [2.05, 4.69) is 0 Å². The quantitative estimate of drug-likeness (QED) is 0.678. The van der Waals surface area contributed by atoms with Gasteiger partial charge in [0.25, 0.3) is 0 Å². The first-order valence-electron chi connectivity index (χ1n) is 3.83. The number of rotatable bonds is 3. The number of aromatic hydroxyl groups is 1. The van der Waals surface area contributed by atoms with Crippen molar-refractivity contribution in [1.82, 2.24) is 0 Å². The summed E-state index contributed by atoms with van der Waals surface area (Å²) in [4.78, 5) is 10.7. The molecule has 13 heavy (non-hydrogen) atoms. The van der Waals surface area contributed by atoms with Crippen LogP contribution in [0.3, 0.4) is 0 Å². The monoisotopic (exact) mass is 178 g/mol. The number of phenols is 1. The third-order valence-electron chi connectivity index (χ3n) is 1.51. The number of hydrogen-bond acceptors (Lipinski definition) is 3. The zero-order valence-electron chi connectivity index (χ0n) is 6.97. The van der Waals surface area contributed by atoms with E-state index in [1.165, 1.54) is 18.2 Å². The van der Waals surface area contributed by atoms with Gasteiger partial charge < -0.3 is 10.2 Å². The van der Waals surface area contributed by atoms with Crippen LogP contribution in [0.15, 0.2) is 30.3 Å². The van der Waals surface area contributed by atoms with Gasteiger partial charge in [-0.25, -0.2) is 0 Å². The topological polar surface area (TPSA) is 57.5 Å². The average molecular weight is 178 g/mol. The summed E-state index contributed by atoms with van der Waals surface area (Å²) in [6.07, 6.45) is 2.88. The van der Waals surface area contributed by atoms with Crippen LogP contribution >= 0.6 is 0 Å². The second kappa shape index (κ2) is 4.42. The van der Waals surface area contributed by atoms with Crippen molar-refractivity contribution in [2.45, 2.75) is 0 Å². The summed E-state index contributed by atoms with van der Waals surface area (Å²) < 4.78 is 0. The fraction of sp³-hybridized carbons (Fsp3) is 0.100. The van der Waals surface area contributed by atoms with Crippen LogP contribution in [0.5, 0.6) is 5.75 Å². The van der Waals surface area contributed by atoms with Crippen LogP contribution in [-0.2, 0) is 4.79 Å². The summed E-state index contributed by atoms with van der Waals surface area (Å²) in [6, 6.07) is 6.42. The third-order valence-corrected chi connectivity index (χ3v) is 1.51. The molecule has 0 fully saturated rings. The first-order chi connectivity index (χ1) is 6.22. The van der Waals surface area contributed by atoms with Crippen molar-refractivity contribution in [2.75, 3.05) is 6.61 Å². The van der Waals surface area contributed by atoms with Crippen LogP contribution in [0.4, 0.5) is 0 Å². The van der Waals surface area contributed by atoms with E-state index in [-0.39, 0.29) is 11.5 Å². The lowest BCUT2D eigenvalue weighted by atomic mass is 10.2. The molecule has 0 radical (unpaired) electrons. The van der Waals surface area contributed by atoms with Crippen LogP contribution in [-0.4, -0.2) is 22.6 Å². The minimum Gasteiger partial charge on any atom is -0.508 e. The molecule has 0 bridgehead atoms. The molecule has 1 rings (SSSR count). The number of aliphatic hydroxyl groups excluding tert-OH is 1. The molecule has 0 heterocycles. The summed E-state index contributed by atoms with van der Waals surface area (Å²) in [5.41, 5.74) is 0.805. The fourth-order valence-corrected chi connectivity index (χ4v) is 0.827. The Morgan fingerprint density at radius 3 is 2.46 bits per heavy atom. The van der Waals surface area contributed by atoms with E-state index < -0.39 is 6.61 Å². The maximum atomic E-state index is 10.7. The van der Waals surface area contributed by atoms with Crippen molar-refractivity contribution in [3.63, 3.8) is 0 Å². The molecule has 1 aromatic carbocycles. The van der Waals surface area contributed by atoms with Gasteiger partial charge in [0.2, 0.25) is 0 Å². The smallest absolute Gasteiger partial charge is 0.181 e. The highest BCUT2D eigenvalue weighted by atomic mass is 16.3. The van der Waals surface area contributed by atoms with Crippen molar-refractivity contribution in [2.24, 2.45) is 0 Å². The SMILES string of the molecule is O=C(/C=C/c1ccc(O)cc1)CO. The minimum atomic E-state index is -0.478. The number of carbonyl (C=O) groups is 1. The molecular formula is C10H10O3. The Morgan fingerprint density at radius 2 is 1.92 bits per heavy atom. The molecule has 0 atom stereocenters. The summed E-state index contributed by atoms with van der Waals surface area (Å²) in [5.74, 6) is -0.154. The van der Waals surface area contributed by atoms with E-state index >= 15 is 0 Å². The molecule has 0 aliphatic heterocycles. The molecule has 0 spiro atoms. The summed E-state index contributed by atoms with van der Waals surface area (Å²) in [7, 11) is 0. The highest BCUT2D eigenvalue weighted by Crippen LogP contribution is 2.10. The van der Waals surface area contributed by atoms with Gasteiger partial charge in [0.15, 0.2) is 5.78 Å². The number of phenolic OH excluding ortho intramolecular Hbond substituents is 1. The van der Waals surface area contributed by atoms with Crippen LogP contribution in [0, 0.1) is 0 Å². The molecule has 0 aliphatic carbocycles. The van der Waals surface area contributed by atoms with Crippen LogP contribution in [0.25, 0.3) is 6.08 Å². The second-order valence-corrected chi connectivity index (χ2v) is 2.55. The second-order valence-electron chi connectivity index (χ2n) is 2.55. The molecule has 0 saturated carbocycles. The number of ketones is 1. The summed E-state index contributed by atoms with van der Waals surface area (Å²) >= 11 is 0. The van der Waals surface area contributed by atoms with Crippen molar-refractivity contribution >= 4 is 11.9 Å². The Hall–Kier alpha value is -1.61. The molecule has 68 valence electrons. The fourth-order valence-electron chi connectivity index (χ4n) is 0.827. The predicted octanol–water partition coefficient (Wildman–Crippen LogP) is 0.967. The Morgan fingerprint density at radius 1 is 1.31 bits per heavy atom. The molecule has 0 amide bonds. The first-order valence-corrected chi connectivity index (χ1v) is 3.83. The average Bonchev–Trinajstić information content (AvgIpc) is 2.16. The van der Waals surface area contributed by atoms with E-state index in [1.807, 2.05) is 0 Å². The molecule has 0 saturated heterocycles. The molecule has 2 N–H and O–H groups in total. The molecule has 3 heteroatoms. The Balaban J connectivity index is 2.69. The van der Waals surface area contributed by atoms with Crippen molar-refractivity contribution in [1.29, 1.82) is 0 Å². The molecule has 0 unspecified atom stereocenters. The maximum absolute atomic E-state index is 10.7. The van der Waals surface area contributed by atoms with Gasteiger partial charge in [0.1, 0.15) is 12.4 Å². The molecule has 1 aromatic rings. The van der Waals surface area contributed by atoms with Gasteiger partial charge in [0, 0.05) is 0 Å².